The number of para-hydroxylation sites is 1. The number of ether oxygens (including phenoxy) is 4. The van der Waals surface area contributed by atoms with Gasteiger partial charge in [0.2, 0.25) is 18.3 Å². The zero-order valence-electron chi connectivity index (χ0n) is 20.7. The van der Waals surface area contributed by atoms with Gasteiger partial charge in [0.15, 0.2) is 17.3 Å². The van der Waals surface area contributed by atoms with Crippen LogP contribution in [0, 0.1) is 0 Å². The third-order valence-electron chi connectivity index (χ3n) is 6.68. The van der Waals surface area contributed by atoms with Gasteiger partial charge < -0.3 is 18.9 Å². The molecule has 2 aromatic carbocycles. The smallest absolute Gasteiger partial charge is 0.328 e. The number of anilines is 1. The average molecular weight is 490 g/mol. The molecule has 1 aromatic heterocycles. The molecule has 2 amide bonds. The zero-order valence-corrected chi connectivity index (χ0v) is 20.7. The maximum atomic E-state index is 13.3. The van der Waals surface area contributed by atoms with Gasteiger partial charge >= 0.3 is 6.03 Å². The number of benzene rings is 2. The first kappa shape index (κ1) is 22.3. The van der Waals surface area contributed by atoms with E-state index in [9.17, 15) is 4.79 Å². The number of fused-ring (bicyclic) bond motifs is 3. The van der Waals surface area contributed by atoms with Gasteiger partial charge in [0.1, 0.15) is 11.9 Å². The van der Waals surface area contributed by atoms with Crippen LogP contribution in [0.2, 0.25) is 0 Å². The van der Waals surface area contributed by atoms with Crippen molar-refractivity contribution in [3.05, 3.63) is 53.7 Å². The second-order valence-electron chi connectivity index (χ2n) is 9.83. The number of amides is 2. The molecule has 0 bridgehead atoms. The highest BCUT2D eigenvalue weighted by Crippen LogP contribution is 2.55. The van der Waals surface area contributed by atoms with Gasteiger partial charge in [-0.1, -0.05) is 18.2 Å². The van der Waals surface area contributed by atoms with Crippen molar-refractivity contribution in [2.24, 2.45) is 4.99 Å². The fraction of sp³-hybridized carbons (Fsp3) is 0.346. The van der Waals surface area contributed by atoms with Crippen LogP contribution in [-0.2, 0) is 5.54 Å². The Hall–Kier alpha value is -4.21. The number of carbonyl (C=O) groups excluding carboxylic acids is 1. The third-order valence-corrected chi connectivity index (χ3v) is 6.68. The standard InChI is InChI=1S/C26H27N5O5/c1-26(2,3)31-24-16(12-27-31)18(15-11-17(33-4)21-22(20(15)34-5)36-13-35-21)19-23(28-24)29-25(32)30(19)14-9-7-6-8-10-14/h6-12,18-19H,13H2,1-5H3,(H,28,29,32)/t18-,19+/m1/s1. The summed E-state index contributed by atoms with van der Waals surface area (Å²) in [6.45, 7) is 6.26. The summed E-state index contributed by atoms with van der Waals surface area (Å²) in [6.07, 6.45) is 1.83. The van der Waals surface area contributed by atoms with Crippen LogP contribution in [0.15, 0.2) is 47.6 Å². The predicted octanol–water partition coefficient (Wildman–Crippen LogP) is 4.16. The number of nitrogens with zero attached hydrogens (tertiary/aromatic N) is 4. The summed E-state index contributed by atoms with van der Waals surface area (Å²) in [4.78, 5) is 20.0. The van der Waals surface area contributed by atoms with Gasteiger partial charge in [-0.05, 0) is 39.0 Å². The lowest BCUT2D eigenvalue weighted by Gasteiger charge is -2.34. The molecule has 0 unspecified atom stereocenters. The molecule has 0 spiro atoms. The number of hydrogen-bond donors (Lipinski definition) is 1. The van der Waals surface area contributed by atoms with E-state index in [1.165, 1.54) is 0 Å². The molecule has 1 saturated heterocycles. The number of aromatic nitrogens is 2. The summed E-state index contributed by atoms with van der Waals surface area (Å²) in [6, 6.07) is 10.7. The van der Waals surface area contributed by atoms with Crippen LogP contribution >= 0.6 is 0 Å². The Morgan fingerprint density at radius 2 is 1.81 bits per heavy atom. The molecular formula is C26H27N5O5. The summed E-state index contributed by atoms with van der Waals surface area (Å²) < 4.78 is 24.9. The molecule has 10 nitrogen and oxygen atoms in total. The highest BCUT2D eigenvalue weighted by molar-refractivity contribution is 6.18. The molecule has 1 fully saturated rings. The van der Waals surface area contributed by atoms with Crippen LogP contribution in [-0.4, -0.2) is 48.7 Å². The van der Waals surface area contributed by atoms with Crippen molar-refractivity contribution in [2.45, 2.75) is 38.3 Å². The summed E-state index contributed by atoms with van der Waals surface area (Å²) >= 11 is 0. The van der Waals surface area contributed by atoms with Crippen LogP contribution in [0.5, 0.6) is 23.0 Å². The molecule has 186 valence electrons. The summed E-state index contributed by atoms with van der Waals surface area (Å²) in [5, 5.41) is 7.71. The molecule has 3 aliphatic heterocycles. The van der Waals surface area contributed by atoms with Crippen molar-refractivity contribution in [1.82, 2.24) is 15.1 Å². The zero-order chi connectivity index (χ0) is 25.2. The molecule has 6 rings (SSSR count). The monoisotopic (exact) mass is 489 g/mol. The minimum atomic E-state index is -0.469. The normalized spacial score (nSPS) is 20.0. The molecule has 10 heteroatoms. The number of hydrogen-bond acceptors (Lipinski definition) is 7. The molecule has 3 aromatic rings. The number of carbonyl (C=O) groups is 1. The number of nitrogens with one attached hydrogen (secondary N) is 1. The molecule has 2 atom stereocenters. The Morgan fingerprint density at radius 3 is 2.50 bits per heavy atom. The van der Waals surface area contributed by atoms with E-state index in [1.807, 2.05) is 47.3 Å². The van der Waals surface area contributed by atoms with Crippen molar-refractivity contribution in [3.8, 4) is 23.0 Å². The second-order valence-corrected chi connectivity index (χ2v) is 9.83. The molecule has 0 saturated carbocycles. The van der Waals surface area contributed by atoms with E-state index < -0.39 is 6.04 Å². The molecular weight excluding hydrogens is 462 g/mol. The van der Waals surface area contributed by atoms with Crippen molar-refractivity contribution < 1.29 is 23.7 Å². The van der Waals surface area contributed by atoms with Gasteiger partial charge in [-0.15, -0.1) is 0 Å². The fourth-order valence-electron chi connectivity index (χ4n) is 5.19. The summed E-state index contributed by atoms with van der Waals surface area (Å²) in [7, 11) is 3.18. The van der Waals surface area contributed by atoms with E-state index in [0.717, 1.165) is 16.8 Å². The van der Waals surface area contributed by atoms with Crippen LogP contribution in [0.4, 0.5) is 16.3 Å². The number of amidine groups is 1. The van der Waals surface area contributed by atoms with Gasteiger partial charge in [0.25, 0.3) is 0 Å². The summed E-state index contributed by atoms with van der Waals surface area (Å²) in [5.74, 6) is 2.87. The van der Waals surface area contributed by atoms with E-state index in [0.29, 0.717) is 34.7 Å². The molecule has 0 aliphatic carbocycles. The maximum absolute atomic E-state index is 13.3. The number of urea groups is 1. The number of aliphatic imine (C=N–C) groups is 1. The van der Waals surface area contributed by atoms with E-state index in [4.69, 9.17) is 29.0 Å². The van der Waals surface area contributed by atoms with Crippen molar-refractivity contribution in [1.29, 1.82) is 0 Å². The molecule has 36 heavy (non-hydrogen) atoms. The Kier molecular flexibility index (Phi) is 4.89. The maximum Gasteiger partial charge on any atom is 0.328 e. The van der Waals surface area contributed by atoms with E-state index in [1.54, 1.807) is 19.1 Å². The lowest BCUT2D eigenvalue weighted by molar-refractivity contribution is 0.168. The van der Waals surface area contributed by atoms with Crippen LogP contribution < -0.4 is 29.2 Å². The Balaban J connectivity index is 1.63. The van der Waals surface area contributed by atoms with E-state index in [-0.39, 0.29) is 24.3 Å². The van der Waals surface area contributed by atoms with Gasteiger partial charge in [0.05, 0.1) is 26.0 Å². The minimum absolute atomic E-state index is 0.0652. The largest absolute Gasteiger partial charge is 0.493 e. The Labute approximate surface area is 208 Å². The third kappa shape index (κ3) is 3.13. The van der Waals surface area contributed by atoms with Crippen molar-refractivity contribution >= 4 is 23.4 Å². The average Bonchev–Trinajstić information content (AvgIpc) is 3.58. The summed E-state index contributed by atoms with van der Waals surface area (Å²) in [5.41, 5.74) is 2.08. The van der Waals surface area contributed by atoms with Gasteiger partial charge in [0, 0.05) is 22.7 Å². The van der Waals surface area contributed by atoms with Gasteiger partial charge in [-0.2, -0.15) is 5.10 Å². The molecule has 1 N–H and O–H groups in total. The van der Waals surface area contributed by atoms with E-state index >= 15 is 0 Å². The first-order chi connectivity index (χ1) is 17.3. The van der Waals surface area contributed by atoms with Crippen LogP contribution in [0.3, 0.4) is 0 Å². The van der Waals surface area contributed by atoms with Crippen molar-refractivity contribution in [2.75, 3.05) is 25.9 Å². The topological polar surface area (TPSA) is 99.4 Å². The SMILES string of the molecule is COc1cc([C@@H]2c3cnn(C(C)(C)C)c3N=C3NC(=O)N(c4ccccc4)[C@H]32)c(OC)c2c1OCO2. The lowest BCUT2D eigenvalue weighted by Crippen LogP contribution is -2.42. The fourth-order valence-corrected chi connectivity index (χ4v) is 5.19. The van der Waals surface area contributed by atoms with Crippen LogP contribution in [0.1, 0.15) is 37.8 Å². The first-order valence-corrected chi connectivity index (χ1v) is 11.7. The van der Waals surface area contributed by atoms with Gasteiger partial charge in [-0.3, -0.25) is 10.2 Å². The Morgan fingerprint density at radius 1 is 1.06 bits per heavy atom. The Bertz CT molecular complexity index is 1390. The first-order valence-electron chi connectivity index (χ1n) is 11.7. The highest BCUT2D eigenvalue weighted by Gasteiger charge is 2.50. The molecule has 0 radical (unpaired) electrons. The second kappa shape index (κ2) is 7.91. The minimum Gasteiger partial charge on any atom is -0.493 e. The quantitative estimate of drug-likeness (QED) is 0.591. The van der Waals surface area contributed by atoms with Crippen molar-refractivity contribution in [3.63, 3.8) is 0 Å². The molecule has 3 aliphatic rings. The van der Waals surface area contributed by atoms with E-state index in [2.05, 4.69) is 26.1 Å². The predicted molar refractivity (Wildman–Crippen MR) is 133 cm³/mol. The van der Waals surface area contributed by atoms with Crippen LogP contribution in [0.25, 0.3) is 0 Å². The number of rotatable bonds is 4. The molecule has 4 heterocycles. The lowest BCUT2D eigenvalue weighted by atomic mass is 9.82. The van der Waals surface area contributed by atoms with Gasteiger partial charge in [-0.25, -0.2) is 14.5 Å². The highest BCUT2D eigenvalue weighted by atomic mass is 16.7. The number of methoxy groups -OCH3 is 2.